The average molecular weight is 419 g/mol. The minimum absolute atomic E-state index is 0.0285. The zero-order valence-corrected chi connectivity index (χ0v) is 16.9. The van der Waals surface area contributed by atoms with Crippen molar-refractivity contribution >= 4 is 17.8 Å². The van der Waals surface area contributed by atoms with Crippen LogP contribution in [0.5, 0.6) is 11.5 Å². The summed E-state index contributed by atoms with van der Waals surface area (Å²) < 4.78 is 11.0. The molecule has 158 valence electrons. The second kappa shape index (κ2) is 10.5. The number of ether oxygens (including phenoxy) is 2. The van der Waals surface area contributed by atoms with Gasteiger partial charge in [0.15, 0.2) is 12.4 Å². The number of rotatable bonds is 9. The zero-order chi connectivity index (χ0) is 22.1. The molecule has 8 nitrogen and oxygen atoms in total. The molecule has 0 aliphatic carbocycles. The van der Waals surface area contributed by atoms with Crippen LogP contribution in [0.1, 0.15) is 16.7 Å². The van der Waals surface area contributed by atoms with Gasteiger partial charge in [0.2, 0.25) is 0 Å². The molecule has 0 saturated heterocycles. The second-order valence-electron chi connectivity index (χ2n) is 6.65. The number of carbonyl (C=O) groups is 1. The second-order valence-corrected chi connectivity index (χ2v) is 6.65. The highest BCUT2D eigenvalue weighted by Gasteiger charge is 2.16. The molecule has 0 unspecified atom stereocenters. The van der Waals surface area contributed by atoms with Crippen LogP contribution < -0.4 is 14.9 Å². The van der Waals surface area contributed by atoms with Gasteiger partial charge >= 0.3 is 5.69 Å². The molecule has 0 radical (unpaired) electrons. The summed E-state index contributed by atoms with van der Waals surface area (Å²) in [5.74, 6) is 0.216. The van der Waals surface area contributed by atoms with Crippen molar-refractivity contribution in [2.75, 3.05) is 6.61 Å². The molecule has 3 aromatic rings. The topological polar surface area (TPSA) is 103 Å². The van der Waals surface area contributed by atoms with E-state index in [2.05, 4.69) is 10.5 Å². The summed E-state index contributed by atoms with van der Waals surface area (Å²) >= 11 is 0. The molecule has 0 spiro atoms. The molecule has 8 heteroatoms. The molecular weight excluding hydrogens is 398 g/mol. The minimum atomic E-state index is -0.550. The van der Waals surface area contributed by atoms with Gasteiger partial charge in [-0.15, -0.1) is 0 Å². The number of nitrogens with one attached hydrogen (secondary N) is 1. The molecule has 0 aromatic heterocycles. The van der Waals surface area contributed by atoms with Gasteiger partial charge in [0.05, 0.1) is 11.1 Å². The van der Waals surface area contributed by atoms with E-state index >= 15 is 0 Å². The monoisotopic (exact) mass is 419 g/mol. The number of benzene rings is 3. The third-order valence-electron chi connectivity index (χ3n) is 4.20. The number of carbonyl (C=O) groups excluding carboxylic acids is 1. The number of hydrazone groups is 1. The van der Waals surface area contributed by atoms with Gasteiger partial charge in [-0.05, 0) is 53.9 Å². The molecule has 3 rings (SSSR count). The number of nitro groups is 1. The van der Waals surface area contributed by atoms with Gasteiger partial charge in [0, 0.05) is 6.07 Å². The molecule has 0 saturated carbocycles. The largest absolute Gasteiger partial charge is 0.489 e. The van der Waals surface area contributed by atoms with Gasteiger partial charge < -0.3 is 9.47 Å². The van der Waals surface area contributed by atoms with Gasteiger partial charge in [0.25, 0.3) is 5.91 Å². The third-order valence-corrected chi connectivity index (χ3v) is 4.20. The number of amides is 1. The Morgan fingerprint density at radius 3 is 2.52 bits per heavy atom. The van der Waals surface area contributed by atoms with E-state index in [0.717, 1.165) is 22.4 Å². The standard InChI is InChI=1S/C23H21N3O5/c1-17-7-12-22(21(13-17)26(28)29)31-16-23(27)25-24-14-18-8-10-20(11-9-18)30-15-19-5-3-2-4-6-19/h2-14H,15-16H2,1H3,(H,25,27). The summed E-state index contributed by atoms with van der Waals surface area (Å²) in [5, 5.41) is 14.9. The van der Waals surface area contributed by atoms with Gasteiger partial charge in [-0.2, -0.15) is 5.10 Å². The molecule has 0 aliphatic rings. The fraction of sp³-hybridized carbons (Fsp3) is 0.130. The Labute approximate surface area is 179 Å². The first-order valence-corrected chi connectivity index (χ1v) is 9.48. The predicted octanol–water partition coefficient (Wildman–Crippen LogP) is 4.01. The fourth-order valence-electron chi connectivity index (χ4n) is 2.64. The summed E-state index contributed by atoms with van der Waals surface area (Å²) in [5.41, 5.74) is 4.71. The lowest BCUT2D eigenvalue weighted by Crippen LogP contribution is -2.24. The summed E-state index contributed by atoms with van der Waals surface area (Å²) in [6.07, 6.45) is 1.48. The van der Waals surface area contributed by atoms with Crippen LogP contribution in [0.4, 0.5) is 5.69 Å². The summed E-state index contributed by atoms with van der Waals surface area (Å²) in [7, 11) is 0. The van der Waals surface area contributed by atoms with Crippen molar-refractivity contribution in [3.63, 3.8) is 0 Å². The number of aryl methyl sites for hydroxylation is 1. The lowest BCUT2D eigenvalue weighted by atomic mass is 10.2. The lowest BCUT2D eigenvalue weighted by molar-refractivity contribution is -0.385. The number of nitro benzene ring substituents is 1. The maximum Gasteiger partial charge on any atom is 0.311 e. The zero-order valence-electron chi connectivity index (χ0n) is 16.9. The van der Waals surface area contributed by atoms with Gasteiger partial charge in [-0.25, -0.2) is 5.43 Å². The fourth-order valence-corrected chi connectivity index (χ4v) is 2.64. The van der Waals surface area contributed by atoms with Crippen LogP contribution in [0.3, 0.4) is 0 Å². The van der Waals surface area contributed by atoms with Crippen LogP contribution >= 0.6 is 0 Å². The number of hydrogen-bond acceptors (Lipinski definition) is 6. The molecule has 1 N–H and O–H groups in total. The quantitative estimate of drug-likeness (QED) is 0.321. The normalized spacial score (nSPS) is 10.6. The summed E-state index contributed by atoms with van der Waals surface area (Å²) in [6.45, 7) is 1.82. The van der Waals surface area contributed by atoms with Gasteiger partial charge in [0.1, 0.15) is 12.4 Å². The lowest BCUT2D eigenvalue weighted by Gasteiger charge is -2.07. The maximum atomic E-state index is 11.9. The molecule has 31 heavy (non-hydrogen) atoms. The van der Waals surface area contributed by atoms with E-state index in [9.17, 15) is 14.9 Å². The van der Waals surface area contributed by atoms with Crippen molar-refractivity contribution in [3.8, 4) is 11.5 Å². The van der Waals surface area contributed by atoms with Gasteiger partial charge in [-0.3, -0.25) is 14.9 Å². The molecule has 0 aliphatic heterocycles. The predicted molar refractivity (Wildman–Crippen MR) is 116 cm³/mol. The minimum Gasteiger partial charge on any atom is -0.489 e. The number of hydrogen-bond donors (Lipinski definition) is 1. The van der Waals surface area contributed by atoms with Crippen LogP contribution in [0.15, 0.2) is 77.9 Å². The van der Waals surface area contributed by atoms with E-state index in [1.807, 2.05) is 54.6 Å². The van der Waals surface area contributed by atoms with Crippen molar-refractivity contribution in [1.82, 2.24) is 5.43 Å². The smallest absolute Gasteiger partial charge is 0.311 e. The molecule has 1 amide bonds. The summed E-state index contributed by atoms with van der Waals surface area (Å²) in [4.78, 5) is 22.4. The average Bonchev–Trinajstić information content (AvgIpc) is 2.78. The highest BCUT2D eigenvalue weighted by atomic mass is 16.6. The van der Waals surface area contributed by atoms with Crippen molar-refractivity contribution in [2.24, 2.45) is 5.10 Å². The molecule has 0 atom stereocenters. The van der Waals surface area contributed by atoms with E-state index in [4.69, 9.17) is 9.47 Å². The van der Waals surface area contributed by atoms with Crippen molar-refractivity contribution in [1.29, 1.82) is 0 Å². The first kappa shape index (κ1) is 21.5. The molecule has 3 aromatic carbocycles. The SMILES string of the molecule is Cc1ccc(OCC(=O)NN=Cc2ccc(OCc3ccccc3)cc2)c([N+](=O)[O-])c1. The van der Waals surface area contributed by atoms with E-state index in [-0.39, 0.29) is 11.4 Å². The Morgan fingerprint density at radius 2 is 1.81 bits per heavy atom. The van der Waals surface area contributed by atoms with Crippen LogP contribution in [0.25, 0.3) is 0 Å². The highest BCUT2D eigenvalue weighted by molar-refractivity contribution is 5.83. The van der Waals surface area contributed by atoms with Crippen LogP contribution in [-0.4, -0.2) is 23.7 Å². The third kappa shape index (κ3) is 6.67. The highest BCUT2D eigenvalue weighted by Crippen LogP contribution is 2.27. The Bertz CT molecular complexity index is 1070. The van der Waals surface area contributed by atoms with Crippen molar-refractivity contribution in [2.45, 2.75) is 13.5 Å². The van der Waals surface area contributed by atoms with Crippen LogP contribution in [-0.2, 0) is 11.4 Å². The first-order valence-electron chi connectivity index (χ1n) is 9.48. The van der Waals surface area contributed by atoms with Gasteiger partial charge in [-0.1, -0.05) is 36.4 Å². The Hall–Kier alpha value is -4.20. The molecule has 0 bridgehead atoms. The summed E-state index contributed by atoms with van der Waals surface area (Å²) in [6, 6.07) is 21.6. The molecule has 0 heterocycles. The van der Waals surface area contributed by atoms with E-state index in [0.29, 0.717) is 6.61 Å². The van der Waals surface area contributed by atoms with E-state index in [1.165, 1.54) is 18.3 Å². The Morgan fingerprint density at radius 1 is 1.06 bits per heavy atom. The first-order chi connectivity index (χ1) is 15.0. The van der Waals surface area contributed by atoms with E-state index in [1.54, 1.807) is 13.0 Å². The molecule has 0 fully saturated rings. The molecular formula is C23H21N3O5. The van der Waals surface area contributed by atoms with Crippen molar-refractivity contribution in [3.05, 3.63) is 99.6 Å². The Kier molecular flexibility index (Phi) is 7.31. The maximum absolute atomic E-state index is 11.9. The van der Waals surface area contributed by atoms with Crippen LogP contribution in [0.2, 0.25) is 0 Å². The van der Waals surface area contributed by atoms with Crippen molar-refractivity contribution < 1.29 is 19.2 Å². The number of nitrogens with zero attached hydrogens (tertiary/aromatic N) is 2. The van der Waals surface area contributed by atoms with Crippen LogP contribution in [0, 0.1) is 17.0 Å². The van der Waals surface area contributed by atoms with E-state index < -0.39 is 17.4 Å². The Balaban J connectivity index is 1.46.